The third-order valence-corrected chi connectivity index (χ3v) is 3.58. The van der Waals surface area contributed by atoms with Crippen molar-refractivity contribution >= 4 is 11.6 Å². The van der Waals surface area contributed by atoms with E-state index in [1.54, 1.807) is 12.1 Å². The topological polar surface area (TPSA) is 70.6 Å². The molecule has 1 unspecified atom stereocenters. The summed E-state index contributed by atoms with van der Waals surface area (Å²) in [4.78, 5) is 12.3. The highest BCUT2D eigenvalue weighted by atomic mass is 16.5. The number of carbonyl (C=O) groups excluding carboxylic acids is 1. The minimum atomic E-state index is -0.395. The molecule has 1 atom stereocenters. The first-order chi connectivity index (χ1) is 9.05. The molecular formula is C14H20N2O3. The van der Waals surface area contributed by atoms with Gasteiger partial charge in [-0.1, -0.05) is 0 Å². The Labute approximate surface area is 113 Å². The standard InChI is InChI=1S/C14H20N2O3/c1-14(6-3-7-15-9-14)13(18)16-10-4-5-12(19-2)11(17)8-10/h4-5,8,15,17H,3,6-7,9H2,1-2H3,(H,16,18). The zero-order valence-electron chi connectivity index (χ0n) is 11.3. The highest BCUT2D eigenvalue weighted by Crippen LogP contribution is 2.31. The van der Waals surface area contributed by atoms with E-state index in [2.05, 4.69) is 10.6 Å². The number of piperidine rings is 1. The molecule has 19 heavy (non-hydrogen) atoms. The first-order valence-corrected chi connectivity index (χ1v) is 6.44. The van der Waals surface area contributed by atoms with Crippen LogP contribution < -0.4 is 15.4 Å². The minimum absolute atomic E-state index is 0.0206. The molecule has 3 N–H and O–H groups in total. The van der Waals surface area contributed by atoms with E-state index in [0.29, 0.717) is 18.0 Å². The average molecular weight is 264 g/mol. The molecule has 5 heteroatoms. The molecular weight excluding hydrogens is 244 g/mol. The van der Waals surface area contributed by atoms with Crippen molar-refractivity contribution in [3.05, 3.63) is 18.2 Å². The van der Waals surface area contributed by atoms with Crippen molar-refractivity contribution in [2.24, 2.45) is 5.41 Å². The molecule has 0 radical (unpaired) electrons. The van der Waals surface area contributed by atoms with Crippen LogP contribution in [-0.4, -0.2) is 31.2 Å². The lowest BCUT2D eigenvalue weighted by molar-refractivity contribution is -0.125. The number of ether oxygens (including phenoxy) is 1. The maximum absolute atomic E-state index is 12.3. The van der Waals surface area contributed by atoms with Crippen LogP contribution in [0.25, 0.3) is 0 Å². The molecule has 1 amide bonds. The van der Waals surface area contributed by atoms with Crippen molar-refractivity contribution < 1.29 is 14.6 Å². The molecule has 0 spiro atoms. The molecule has 1 aliphatic heterocycles. The second kappa shape index (κ2) is 5.48. The van der Waals surface area contributed by atoms with Crippen molar-refractivity contribution in [1.29, 1.82) is 0 Å². The first-order valence-electron chi connectivity index (χ1n) is 6.44. The summed E-state index contributed by atoms with van der Waals surface area (Å²) in [6, 6.07) is 4.85. The summed E-state index contributed by atoms with van der Waals surface area (Å²) in [6.45, 7) is 3.60. The second-order valence-corrected chi connectivity index (χ2v) is 5.18. The van der Waals surface area contributed by atoms with Crippen LogP contribution in [0.15, 0.2) is 18.2 Å². The van der Waals surface area contributed by atoms with Gasteiger partial charge in [0.15, 0.2) is 11.5 Å². The highest BCUT2D eigenvalue weighted by Gasteiger charge is 2.34. The number of nitrogens with one attached hydrogen (secondary N) is 2. The molecule has 1 saturated heterocycles. The lowest BCUT2D eigenvalue weighted by Gasteiger charge is -2.32. The average Bonchev–Trinajstić information content (AvgIpc) is 2.40. The Morgan fingerprint density at radius 2 is 2.32 bits per heavy atom. The van der Waals surface area contributed by atoms with Gasteiger partial charge in [-0.25, -0.2) is 0 Å². The quantitative estimate of drug-likeness (QED) is 0.777. The molecule has 104 valence electrons. The summed E-state index contributed by atoms with van der Waals surface area (Å²) >= 11 is 0. The molecule has 1 heterocycles. The van der Waals surface area contributed by atoms with E-state index in [4.69, 9.17) is 4.74 Å². The van der Waals surface area contributed by atoms with Crippen molar-refractivity contribution in [2.75, 3.05) is 25.5 Å². The van der Waals surface area contributed by atoms with Gasteiger partial charge >= 0.3 is 0 Å². The SMILES string of the molecule is COc1ccc(NC(=O)C2(C)CCCNC2)cc1O. The van der Waals surface area contributed by atoms with Gasteiger partial charge in [0.1, 0.15) is 0 Å². The third-order valence-electron chi connectivity index (χ3n) is 3.58. The van der Waals surface area contributed by atoms with Gasteiger partial charge in [-0.2, -0.15) is 0 Å². The lowest BCUT2D eigenvalue weighted by Crippen LogP contribution is -2.46. The van der Waals surface area contributed by atoms with E-state index in [-0.39, 0.29) is 11.7 Å². The Kier molecular flexibility index (Phi) is 3.95. The van der Waals surface area contributed by atoms with E-state index in [1.807, 2.05) is 6.92 Å². The van der Waals surface area contributed by atoms with Crippen molar-refractivity contribution in [2.45, 2.75) is 19.8 Å². The lowest BCUT2D eigenvalue weighted by atomic mass is 9.82. The van der Waals surface area contributed by atoms with Gasteiger partial charge in [-0.05, 0) is 38.4 Å². The number of aromatic hydroxyl groups is 1. The smallest absolute Gasteiger partial charge is 0.231 e. The van der Waals surface area contributed by atoms with E-state index < -0.39 is 5.41 Å². The van der Waals surface area contributed by atoms with Gasteiger partial charge < -0.3 is 20.5 Å². The van der Waals surface area contributed by atoms with Gasteiger partial charge in [-0.3, -0.25) is 4.79 Å². The van der Waals surface area contributed by atoms with Crippen LogP contribution in [0.1, 0.15) is 19.8 Å². The Morgan fingerprint density at radius 3 is 2.89 bits per heavy atom. The van der Waals surface area contributed by atoms with Crippen molar-refractivity contribution in [3.8, 4) is 11.5 Å². The van der Waals surface area contributed by atoms with Gasteiger partial charge in [0.05, 0.1) is 12.5 Å². The number of phenols is 1. The van der Waals surface area contributed by atoms with Gasteiger partial charge in [0.25, 0.3) is 0 Å². The summed E-state index contributed by atoms with van der Waals surface area (Å²) < 4.78 is 4.97. The van der Waals surface area contributed by atoms with Crippen LogP contribution in [0.2, 0.25) is 0 Å². The monoisotopic (exact) mass is 264 g/mol. The number of hydrogen-bond donors (Lipinski definition) is 3. The molecule has 0 saturated carbocycles. The minimum Gasteiger partial charge on any atom is -0.504 e. The first kappa shape index (κ1) is 13.7. The van der Waals surface area contributed by atoms with E-state index in [1.165, 1.54) is 13.2 Å². The summed E-state index contributed by atoms with van der Waals surface area (Å²) in [6.07, 6.45) is 1.87. The van der Waals surface area contributed by atoms with E-state index in [9.17, 15) is 9.90 Å². The van der Waals surface area contributed by atoms with Crippen molar-refractivity contribution in [1.82, 2.24) is 5.32 Å². The molecule has 0 aromatic heterocycles. The number of carbonyl (C=O) groups is 1. The van der Waals surface area contributed by atoms with Crippen molar-refractivity contribution in [3.63, 3.8) is 0 Å². The zero-order valence-corrected chi connectivity index (χ0v) is 11.3. The summed E-state index contributed by atoms with van der Waals surface area (Å²) in [5.41, 5.74) is 0.184. The van der Waals surface area contributed by atoms with Crippen LogP contribution in [0.4, 0.5) is 5.69 Å². The molecule has 1 fully saturated rings. The molecule has 1 aliphatic rings. The Bertz CT molecular complexity index is 468. The Balaban J connectivity index is 2.08. The molecule has 0 aliphatic carbocycles. The molecule has 1 aromatic carbocycles. The summed E-state index contributed by atoms with van der Waals surface area (Å²) in [7, 11) is 1.49. The number of benzene rings is 1. The van der Waals surface area contributed by atoms with Gasteiger partial charge in [0.2, 0.25) is 5.91 Å². The number of phenolic OH excluding ortho intramolecular Hbond substituents is 1. The maximum Gasteiger partial charge on any atom is 0.231 e. The van der Waals surface area contributed by atoms with E-state index in [0.717, 1.165) is 19.4 Å². The number of amides is 1. The summed E-state index contributed by atoms with van der Waals surface area (Å²) in [5.74, 6) is 0.389. The van der Waals surface area contributed by atoms with Crippen LogP contribution in [0.3, 0.4) is 0 Å². The normalized spacial score (nSPS) is 22.8. The summed E-state index contributed by atoms with van der Waals surface area (Å²) in [5, 5.41) is 15.8. The third kappa shape index (κ3) is 2.98. The Hall–Kier alpha value is -1.75. The highest BCUT2D eigenvalue weighted by molar-refractivity contribution is 5.95. The van der Waals surface area contributed by atoms with Gasteiger partial charge in [-0.15, -0.1) is 0 Å². The number of hydrogen-bond acceptors (Lipinski definition) is 4. The predicted molar refractivity (Wildman–Crippen MR) is 73.5 cm³/mol. The fraction of sp³-hybridized carbons (Fsp3) is 0.500. The van der Waals surface area contributed by atoms with Crippen LogP contribution in [0, 0.1) is 5.41 Å². The largest absolute Gasteiger partial charge is 0.504 e. The Morgan fingerprint density at radius 1 is 1.53 bits per heavy atom. The van der Waals surface area contributed by atoms with Gasteiger partial charge in [0, 0.05) is 18.3 Å². The van der Waals surface area contributed by atoms with Crippen LogP contribution in [-0.2, 0) is 4.79 Å². The zero-order chi connectivity index (χ0) is 13.9. The van der Waals surface area contributed by atoms with Crippen LogP contribution in [0.5, 0.6) is 11.5 Å². The molecule has 1 aromatic rings. The number of rotatable bonds is 3. The second-order valence-electron chi connectivity index (χ2n) is 5.18. The molecule has 2 rings (SSSR count). The number of anilines is 1. The predicted octanol–water partition coefficient (Wildman–Crippen LogP) is 1.73. The maximum atomic E-state index is 12.3. The fourth-order valence-corrected chi connectivity index (χ4v) is 2.30. The molecule has 0 bridgehead atoms. The van der Waals surface area contributed by atoms with Crippen LogP contribution >= 0.6 is 0 Å². The fourth-order valence-electron chi connectivity index (χ4n) is 2.30. The van der Waals surface area contributed by atoms with E-state index >= 15 is 0 Å². The molecule has 5 nitrogen and oxygen atoms in total. The number of methoxy groups -OCH3 is 1.